The molecule has 0 radical (unpaired) electrons. The van der Waals surface area contributed by atoms with Gasteiger partial charge in [-0.05, 0) is 47.9 Å². The van der Waals surface area contributed by atoms with Crippen LogP contribution in [-0.4, -0.2) is 39.6 Å². The van der Waals surface area contributed by atoms with E-state index in [1.807, 2.05) is 50.2 Å². The van der Waals surface area contributed by atoms with E-state index in [1.165, 1.54) is 11.1 Å². The normalized spacial score (nSPS) is 11.5. The maximum atomic E-state index is 5.79. The first-order valence-electron chi connectivity index (χ1n) is 12.1. The van der Waals surface area contributed by atoms with Gasteiger partial charge in [0.1, 0.15) is 24.7 Å². The van der Waals surface area contributed by atoms with E-state index < -0.39 is 0 Å². The second-order valence-corrected chi connectivity index (χ2v) is 10.1. The lowest BCUT2D eigenvalue weighted by Gasteiger charge is -2.23. The molecule has 2 aromatic rings. The molecule has 6 nitrogen and oxygen atoms in total. The van der Waals surface area contributed by atoms with Crippen molar-refractivity contribution in [3.8, 4) is 11.5 Å². The fourth-order valence-corrected chi connectivity index (χ4v) is 3.27. The van der Waals surface area contributed by atoms with Crippen LogP contribution in [0.2, 0.25) is 0 Å². The van der Waals surface area contributed by atoms with Crippen molar-refractivity contribution in [3.63, 3.8) is 0 Å². The molecule has 0 aliphatic heterocycles. The van der Waals surface area contributed by atoms with Crippen LogP contribution < -0.4 is 20.9 Å². The van der Waals surface area contributed by atoms with Crippen molar-refractivity contribution in [2.75, 3.05) is 51.1 Å². The Hall–Kier alpha value is -2.44. The summed E-state index contributed by atoms with van der Waals surface area (Å²) in [6, 6.07) is 11.7. The SMILES string of the molecule is CCOCCOc1cc(N)ccc1C(C)(C)C.CCOCCOc1cc(N)ccc1C(C)(C)C. The zero-order valence-electron chi connectivity index (χ0n) is 22.5. The summed E-state index contributed by atoms with van der Waals surface area (Å²) in [7, 11) is 0. The number of hydrogen-bond acceptors (Lipinski definition) is 6. The Morgan fingerprint density at radius 3 is 1.24 bits per heavy atom. The van der Waals surface area contributed by atoms with Gasteiger partial charge < -0.3 is 30.4 Å². The zero-order valence-corrected chi connectivity index (χ0v) is 22.5. The van der Waals surface area contributed by atoms with Crippen LogP contribution in [0.1, 0.15) is 66.5 Å². The minimum absolute atomic E-state index is 0.0502. The summed E-state index contributed by atoms with van der Waals surface area (Å²) in [5.74, 6) is 1.72. The van der Waals surface area contributed by atoms with Gasteiger partial charge in [-0.2, -0.15) is 0 Å². The van der Waals surface area contributed by atoms with Crippen molar-refractivity contribution in [2.24, 2.45) is 0 Å². The van der Waals surface area contributed by atoms with E-state index in [1.54, 1.807) is 0 Å². The van der Waals surface area contributed by atoms with Crippen molar-refractivity contribution < 1.29 is 18.9 Å². The summed E-state index contributed by atoms with van der Waals surface area (Å²) in [5, 5.41) is 0. The molecule has 0 heterocycles. The predicted molar refractivity (Wildman–Crippen MR) is 143 cm³/mol. The third-order valence-corrected chi connectivity index (χ3v) is 5.01. The van der Waals surface area contributed by atoms with E-state index in [2.05, 4.69) is 41.5 Å². The van der Waals surface area contributed by atoms with E-state index in [4.69, 9.17) is 30.4 Å². The summed E-state index contributed by atoms with van der Waals surface area (Å²) in [6.45, 7) is 20.7. The zero-order chi connectivity index (χ0) is 25.8. The molecule has 0 aromatic heterocycles. The lowest BCUT2D eigenvalue weighted by atomic mass is 9.86. The first-order valence-corrected chi connectivity index (χ1v) is 12.1. The van der Waals surface area contributed by atoms with Gasteiger partial charge in [0, 0.05) is 36.7 Å². The summed E-state index contributed by atoms with van der Waals surface area (Å²) < 4.78 is 22.0. The van der Waals surface area contributed by atoms with Crippen LogP contribution in [0.15, 0.2) is 36.4 Å². The minimum Gasteiger partial charge on any atom is -0.491 e. The molecule has 2 aromatic carbocycles. The second kappa shape index (κ2) is 14.1. The highest BCUT2D eigenvalue weighted by atomic mass is 16.5. The third kappa shape index (κ3) is 10.7. The summed E-state index contributed by atoms with van der Waals surface area (Å²) >= 11 is 0. The highest BCUT2D eigenvalue weighted by Gasteiger charge is 2.20. The van der Waals surface area contributed by atoms with Gasteiger partial charge in [-0.15, -0.1) is 0 Å². The molecule has 0 amide bonds. The minimum atomic E-state index is 0.0502. The van der Waals surface area contributed by atoms with Crippen molar-refractivity contribution in [1.29, 1.82) is 0 Å². The highest BCUT2D eigenvalue weighted by molar-refractivity contribution is 5.51. The van der Waals surface area contributed by atoms with Gasteiger partial charge in [-0.1, -0.05) is 53.7 Å². The van der Waals surface area contributed by atoms with Crippen LogP contribution in [0.3, 0.4) is 0 Å². The molecule has 0 saturated heterocycles. The van der Waals surface area contributed by atoms with Crippen molar-refractivity contribution in [2.45, 2.75) is 66.2 Å². The molecule has 192 valence electrons. The molecule has 0 atom stereocenters. The molecule has 0 unspecified atom stereocenters. The van der Waals surface area contributed by atoms with Gasteiger partial charge in [0.25, 0.3) is 0 Å². The van der Waals surface area contributed by atoms with Gasteiger partial charge >= 0.3 is 0 Å². The Morgan fingerprint density at radius 1 is 0.588 bits per heavy atom. The Morgan fingerprint density at radius 2 is 0.941 bits per heavy atom. The summed E-state index contributed by atoms with van der Waals surface area (Å²) in [4.78, 5) is 0. The highest BCUT2D eigenvalue weighted by Crippen LogP contribution is 2.33. The summed E-state index contributed by atoms with van der Waals surface area (Å²) in [6.07, 6.45) is 0. The van der Waals surface area contributed by atoms with Crippen LogP contribution in [0, 0.1) is 0 Å². The number of anilines is 2. The van der Waals surface area contributed by atoms with Gasteiger partial charge in [-0.25, -0.2) is 0 Å². The van der Waals surface area contributed by atoms with Crippen LogP contribution >= 0.6 is 0 Å². The molecule has 0 saturated carbocycles. The second-order valence-electron chi connectivity index (χ2n) is 10.1. The van der Waals surface area contributed by atoms with Crippen molar-refractivity contribution in [3.05, 3.63) is 47.5 Å². The van der Waals surface area contributed by atoms with Crippen LogP contribution in [0.4, 0.5) is 11.4 Å². The maximum absolute atomic E-state index is 5.79. The Balaban J connectivity index is 0.000000340. The van der Waals surface area contributed by atoms with Crippen LogP contribution in [0.5, 0.6) is 11.5 Å². The number of hydrogen-bond donors (Lipinski definition) is 2. The maximum Gasteiger partial charge on any atom is 0.125 e. The molecule has 0 aliphatic carbocycles. The topological polar surface area (TPSA) is 89.0 Å². The largest absolute Gasteiger partial charge is 0.491 e. The van der Waals surface area contributed by atoms with E-state index in [0.717, 1.165) is 22.9 Å². The van der Waals surface area contributed by atoms with Gasteiger partial charge in [0.2, 0.25) is 0 Å². The van der Waals surface area contributed by atoms with Crippen molar-refractivity contribution in [1.82, 2.24) is 0 Å². The van der Waals surface area contributed by atoms with Crippen LogP contribution in [-0.2, 0) is 20.3 Å². The standard InChI is InChI=1S/2C14H23NO2/c2*1-5-16-8-9-17-13-10-11(15)6-7-12(13)14(2,3)4/h2*6-7,10H,5,8-9,15H2,1-4H3. The van der Waals surface area contributed by atoms with Gasteiger partial charge in [0.15, 0.2) is 0 Å². The first kappa shape index (κ1) is 29.6. The molecule has 0 aliphatic rings. The smallest absolute Gasteiger partial charge is 0.125 e. The fourth-order valence-electron chi connectivity index (χ4n) is 3.27. The first-order chi connectivity index (χ1) is 15.9. The lowest BCUT2D eigenvalue weighted by Crippen LogP contribution is -2.15. The molecular weight excluding hydrogens is 428 g/mol. The van der Waals surface area contributed by atoms with Crippen LogP contribution in [0.25, 0.3) is 0 Å². The number of nitrogens with two attached hydrogens (primary N) is 2. The van der Waals surface area contributed by atoms with Crippen molar-refractivity contribution >= 4 is 11.4 Å². The van der Waals surface area contributed by atoms with E-state index in [9.17, 15) is 0 Å². The molecule has 0 spiro atoms. The molecule has 4 N–H and O–H groups in total. The number of benzene rings is 2. The Kier molecular flexibility index (Phi) is 12.2. The molecular formula is C28H46N2O4. The molecule has 0 bridgehead atoms. The van der Waals surface area contributed by atoms with Gasteiger partial charge in [-0.3, -0.25) is 0 Å². The summed E-state index contributed by atoms with van der Waals surface area (Å²) in [5.41, 5.74) is 15.5. The van der Waals surface area contributed by atoms with E-state index in [-0.39, 0.29) is 10.8 Å². The quantitative estimate of drug-likeness (QED) is 0.326. The molecule has 0 fully saturated rings. The third-order valence-electron chi connectivity index (χ3n) is 5.01. The monoisotopic (exact) mass is 474 g/mol. The number of ether oxygens (including phenoxy) is 4. The number of nitrogen functional groups attached to an aromatic ring is 2. The average Bonchev–Trinajstić information content (AvgIpc) is 2.73. The Labute approximate surface area is 206 Å². The lowest BCUT2D eigenvalue weighted by molar-refractivity contribution is 0.109. The Bertz CT molecular complexity index is 783. The van der Waals surface area contributed by atoms with E-state index in [0.29, 0.717) is 39.6 Å². The molecule has 34 heavy (non-hydrogen) atoms. The predicted octanol–water partition coefficient (Wildman–Crippen LogP) is 5.96. The average molecular weight is 475 g/mol. The van der Waals surface area contributed by atoms with E-state index >= 15 is 0 Å². The fraction of sp³-hybridized carbons (Fsp3) is 0.571. The van der Waals surface area contributed by atoms with Gasteiger partial charge in [0.05, 0.1) is 13.2 Å². The number of rotatable bonds is 10. The molecule has 6 heteroatoms. The molecule has 2 rings (SSSR count).